The molecule has 1 saturated heterocycles. The average Bonchev–Trinajstić information content (AvgIpc) is 3.13. The first-order chi connectivity index (χ1) is 13.1. The molecule has 1 aromatic rings. The van der Waals surface area contributed by atoms with Gasteiger partial charge in [-0.05, 0) is 39.1 Å². The number of sulfone groups is 1. The predicted octanol–water partition coefficient (Wildman–Crippen LogP) is 1.89. The summed E-state index contributed by atoms with van der Waals surface area (Å²) in [6.45, 7) is 10.8. The predicted molar refractivity (Wildman–Crippen MR) is 117 cm³/mol. The average molecular weight is 431 g/mol. The topological polar surface area (TPSA) is 83.0 Å². The molecule has 0 spiro atoms. The number of thiophene rings is 1. The summed E-state index contributed by atoms with van der Waals surface area (Å²) in [5, 5.41) is 8.59. The van der Waals surface area contributed by atoms with Crippen LogP contribution in [0.1, 0.15) is 38.6 Å². The molecule has 2 N–H and O–H groups in total. The fourth-order valence-corrected chi connectivity index (χ4v) is 4.89. The molecule has 1 fully saturated rings. The fourth-order valence-electron chi connectivity index (χ4n) is 3.04. The normalized spacial score (nSPS) is 20.8. The first-order valence-corrected chi connectivity index (χ1v) is 12.2. The molecule has 1 aliphatic heterocycles. The molecular weight excluding hydrogens is 396 g/mol. The summed E-state index contributed by atoms with van der Waals surface area (Å²) < 4.78 is 29.5. The van der Waals surface area contributed by atoms with Gasteiger partial charge in [-0.1, -0.05) is 6.07 Å². The molecular formula is C19H34N4O3S2. The monoisotopic (exact) mass is 430 g/mol. The van der Waals surface area contributed by atoms with Gasteiger partial charge in [0.1, 0.15) is 0 Å². The lowest BCUT2D eigenvalue weighted by molar-refractivity contribution is -0.0334. The summed E-state index contributed by atoms with van der Waals surface area (Å²) in [5.41, 5.74) is 0. The highest BCUT2D eigenvalue weighted by Gasteiger charge is 2.29. The summed E-state index contributed by atoms with van der Waals surface area (Å²) in [4.78, 5) is 7.98. The summed E-state index contributed by atoms with van der Waals surface area (Å²) in [5.74, 6) is 0.693. The smallest absolute Gasteiger partial charge is 0.191 e. The van der Waals surface area contributed by atoms with E-state index in [-0.39, 0.29) is 17.9 Å². The van der Waals surface area contributed by atoms with Gasteiger partial charge in [-0.15, -0.1) is 11.3 Å². The van der Waals surface area contributed by atoms with Crippen molar-refractivity contribution < 1.29 is 13.2 Å². The van der Waals surface area contributed by atoms with Crippen molar-refractivity contribution in [3.8, 4) is 0 Å². The van der Waals surface area contributed by atoms with E-state index in [2.05, 4.69) is 45.0 Å². The third-order valence-corrected chi connectivity index (χ3v) is 8.45. The molecule has 0 aliphatic carbocycles. The summed E-state index contributed by atoms with van der Waals surface area (Å²) in [6, 6.07) is 4.45. The highest BCUT2D eigenvalue weighted by atomic mass is 32.2. The molecule has 9 heteroatoms. The van der Waals surface area contributed by atoms with Crippen molar-refractivity contribution in [2.45, 2.75) is 44.6 Å². The maximum Gasteiger partial charge on any atom is 0.191 e. The number of nitrogens with zero attached hydrogens (tertiary/aromatic N) is 2. The Morgan fingerprint density at radius 3 is 2.75 bits per heavy atom. The number of hydrogen-bond donors (Lipinski definition) is 2. The quantitative estimate of drug-likeness (QED) is 0.508. The Morgan fingerprint density at radius 1 is 1.43 bits per heavy atom. The molecule has 0 saturated carbocycles. The number of guanidine groups is 1. The standard InChI is InChI=1S/C19H34N4O3S2/c1-15-14-23(9-10-26-15)16(17-7-6-11-27-17)13-22-18(20-5)21-8-12-28(24,25)19(2,3)4/h6-7,11,15-16H,8-10,12-14H2,1-5H3,(H2,20,21,22). The second kappa shape index (κ2) is 10.0. The molecule has 1 aromatic heterocycles. The van der Waals surface area contributed by atoms with Gasteiger partial charge in [-0.25, -0.2) is 8.42 Å². The molecule has 2 heterocycles. The largest absolute Gasteiger partial charge is 0.376 e. The number of rotatable bonds is 7. The molecule has 1 aliphatic rings. The van der Waals surface area contributed by atoms with Gasteiger partial charge in [-0.2, -0.15) is 0 Å². The molecule has 0 bridgehead atoms. The van der Waals surface area contributed by atoms with Gasteiger partial charge in [0.25, 0.3) is 0 Å². The maximum absolute atomic E-state index is 12.3. The molecule has 160 valence electrons. The fraction of sp³-hybridized carbons (Fsp3) is 0.737. The Bertz CT molecular complexity index is 727. The Morgan fingerprint density at radius 2 is 2.18 bits per heavy atom. The molecule has 0 amide bonds. The van der Waals surface area contributed by atoms with E-state index < -0.39 is 14.6 Å². The van der Waals surface area contributed by atoms with Crippen molar-refractivity contribution in [3.63, 3.8) is 0 Å². The summed E-state index contributed by atoms with van der Waals surface area (Å²) in [6.07, 6.45) is 0.219. The van der Waals surface area contributed by atoms with Crippen LogP contribution in [0.25, 0.3) is 0 Å². The van der Waals surface area contributed by atoms with E-state index in [0.717, 1.165) is 19.7 Å². The van der Waals surface area contributed by atoms with Crippen LogP contribution >= 0.6 is 11.3 Å². The van der Waals surface area contributed by atoms with Gasteiger partial charge >= 0.3 is 0 Å². The zero-order valence-electron chi connectivity index (χ0n) is 17.6. The molecule has 2 unspecified atom stereocenters. The molecule has 2 rings (SSSR count). The highest BCUT2D eigenvalue weighted by molar-refractivity contribution is 7.92. The van der Waals surface area contributed by atoms with Crippen LogP contribution in [0.2, 0.25) is 0 Å². The van der Waals surface area contributed by atoms with E-state index in [0.29, 0.717) is 19.0 Å². The Balaban J connectivity index is 1.93. The lowest BCUT2D eigenvalue weighted by Crippen LogP contribution is -2.48. The first-order valence-electron chi connectivity index (χ1n) is 9.70. The summed E-state index contributed by atoms with van der Waals surface area (Å²) >= 11 is 1.75. The van der Waals surface area contributed by atoms with Crippen LogP contribution in [0.4, 0.5) is 0 Å². The number of hydrogen-bond acceptors (Lipinski definition) is 6. The molecule has 0 aromatic carbocycles. The Kier molecular flexibility index (Phi) is 8.30. The lowest BCUT2D eigenvalue weighted by Gasteiger charge is -2.37. The molecule has 2 atom stereocenters. The second-order valence-corrected chi connectivity index (χ2v) is 11.9. The Labute approximate surface area is 173 Å². The maximum atomic E-state index is 12.3. The number of morpholine rings is 1. The minimum atomic E-state index is -3.16. The van der Waals surface area contributed by atoms with Gasteiger partial charge < -0.3 is 15.4 Å². The van der Waals surface area contributed by atoms with E-state index in [1.807, 2.05) is 0 Å². The van der Waals surface area contributed by atoms with Gasteiger partial charge in [0, 0.05) is 38.1 Å². The van der Waals surface area contributed by atoms with Crippen molar-refractivity contribution in [2.75, 3.05) is 45.6 Å². The van der Waals surface area contributed by atoms with Crippen molar-refractivity contribution in [2.24, 2.45) is 4.99 Å². The third kappa shape index (κ3) is 6.43. The zero-order chi connectivity index (χ0) is 20.8. The van der Waals surface area contributed by atoms with Crippen LogP contribution in [0.15, 0.2) is 22.5 Å². The van der Waals surface area contributed by atoms with Gasteiger partial charge in [0.2, 0.25) is 0 Å². The minimum absolute atomic E-state index is 0.0759. The molecule has 0 radical (unpaired) electrons. The van der Waals surface area contributed by atoms with E-state index >= 15 is 0 Å². The van der Waals surface area contributed by atoms with Crippen LogP contribution < -0.4 is 10.6 Å². The van der Waals surface area contributed by atoms with Crippen LogP contribution in [0, 0.1) is 0 Å². The number of aliphatic imine (C=N–C) groups is 1. The van der Waals surface area contributed by atoms with Crippen molar-refractivity contribution in [3.05, 3.63) is 22.4 Å². The van der Waals surface area contributed by atoms with Gasteiger partial charge in [-0.3, -0.25) is 9.89 Å². The van der Waals surface area contributed by atoms with Crippen LogP contribution in [0.5, 0.6) is 0 Å². The first kappa shape index (κ1) is 23.1. The van der Waals surface area contributed by atoms with Crippen LogP contribution in [0.3, 0.4) is 0 Å². The lowest BCUT2D eigenvalue weighted by atomic mass is 10.1. The summed E-state index contributed by atoms with van der Waals surface area (Å²) in [7, 11) is -1.46. The second-order valence-electron chi connectivity index (χ2n) is 8.02. The van der Waals surface area contributed by atoms with E-state index in [4.69, 9.17) is 4.74 Å². The van der Waals surface area contributed by atoms with Crippen LogP contribution in [-0.4, -0.2) is 75.7 Å². The number of ether oxygens (including phenoxy) is 1. The molecule has 28 heavy (non-hydrogen) atoms. The van der Waals surface area contributed by atoms with Crippen LogP contribution in [-0.2, 0) is 14.6 Å². The van der Waals surface area contributed by atoms with E-state index in [1.165, 1.54) is 4.88 Å². The van der Waals surface area contributed by atoms with E-state index in [1.54, 1.807) is 39.2 Å². The van der Waals surface area contributed by atoms with Crippen molar-refractivity contribution in [1.29, 1.82) is 0 Å². The van der Waals surface area contributed by atoms with Gasteiger partial charge in [0.05, 0.1) is 29.3 Å². The molecule has 7 nitrogen and oxygen atoms in total. The SMILES string of the molecule is CN=C(NCCS(=O)(=O)C(C)(C)C)NCC(c1cccs1)N1CCOC(C)C1. The minimum Gasteiger partial charge on any atom is -0.376 e. The number of nitrogens with one attached hydrogen (secondary N) is 2. The zero-order valence-corrected chi connectivity index (χ0v) is 19.2. The van der Waals surface area contributed by atoms with Crippen molar-refractivity contribution >= 4 is 27.1 Å². The van der Waals surface area contributed by atoms with E-state index in [9.17, 15) is 8.42 Å². The highest BCUT2D eigenvalue weighted by Crippen LogP contribution is 2.26. The third-order valence-electron chi connectivity index (χ3n) is 4.87. The van der Waals surface area contributed by atoms with Gasteiger partial charge in [0.15, 0.2) is 15.8 Å². The Hall–Kier alpha value is -1.16. The van der Waals surface area contributed by atoms with Crippen molar-refractivity contribution in [1.82, 2.24) is 15.5 Å².